The molecule has 0 bridgehead atoms. The molecular formula is C16H22N4O4. The number of aliphatic hydroxyl groups excluding tert-OH is 1. The predicted octanol–water partition coefficient (Wildman–Crippen LogP) is 0.866. The maximum Gasteiger partial charge on any atom is 0.239 e. The molecule has 0 spiro atoms. The van der Waals surface area contributed by atoms with Crippen molar-refractivity contribution in [1.29, 1.82) is 0 Å². The topological polar surface area (TPSA) is 95.0 Å². The van der Waals surface area contributed by atoms with Crippen LogP contribution in [0.4, 0.5) is 5.82 Å². The Morgan fingerprint density at radius 1 is 1.38 bits per heavy atom. The molecule has 3 rings (SSSR count). The number of aryl methyl sites for hydroxylation is 1. The van der Waals surface area contributed by atoms with Gasteiger partial charge in [0, 0.05) is 38.8 Å². The van der Waals surface area contributed by atoms with E-state index in [2.05, 4.69) is 20.3 Å². The number of aromatic nitrogens is 1. The number of nitrogens with zero attached hydrogens (tertiary/aromatic N) is 3. The summed E-state index contributed by atoms with van der Waals surface area (Å²) in [5.41, 5.74) is 0. The molecule has 2 aromatic rings. The van der Waals surface area contributed by atoms with Gasteiger partial charge in [-0.1, -0.05) is 5.16 Å². The fourth-order valence-electron chi connectivity index (χ4n) is 2.76. The Labute approximate surface area is 140 Å². The smallest absolute Gasteiger partial charge is 0.239 e. The molecule has 1 aliphatic heterocycles. The van der Waals surface area contributed by atoms with Gasteiger partial charge in [-0.05, 0) is 19.1 Å². The molecule has 3 heterocycles. The summed E-state index contributed by atoms with van der Waals surface area (Å²) in [4.78, 5) is 16.3. The highest BCUT2D eigenvalue weighted by molar-refractivity contribution is 5.91. The van der Waals surface area contributed by atoms with Gasteiger partial charge in [0.15, 0.2) is 5.82 Å². The van der Waals surface area contributed by atoms with Gasteiger partial charge in [-0.2, -0.15) is 0 Å². The molecule has 0 unspecified atom stereocenters. The number of piperazine rings is 1. The van der Waals surface area contributed by atoms with Crippen LogP contribution in [0.1, 0.15) is 17.6 Å². The molecular weight excluding hydrogens is 312 g/mol. The van der Waals surface area contributed by atoms with Crippen LogP contribution in [0.3, 0.4) is 0 Å². The number of carbonyl (C=O) groups excluding carboxylic acids is 1. The van der Waals surface area contributed by atoms with Gasteiger partial charge >= 0.3 is 0 Å². The summed E-state index contributed by atoms with van der Waals surface area (Å²) in [6.07, 6.45) is 0.941. The maximum absolute atomic E-state index is 12.0. The number of furan rings is 1. The van der Waals surface area contributed by atoms with E-state index in [1.165, 1.54) is 0 Å². The Kier molecular flexibility index (Phi) is 5.29. The molecule has 2 N–H and O–H groups in total. The first-order valence-electron chi connectivity index (χ1n) is 7.99. The first kappa shape index (κ1) is 16.7. The minimum Gasteiger partial charge on any atom is -0.467 e. The normalized spacial score (nSPS) is 17.8. The Morgan fingerprint density at radius 2 is 2.12 bits per heavy atom. The highest BCUT2D eigenvalue weighted by Gasteiger charge is 2.22. The number of anilines is 1. The average molecular weight is 334 g/mol. The first-order chi connectivity index (χ1) is 11.6. The quantitative estimate of drug-likeness (QED) is 0.809. The van der Waals surface area contributed by atoms with Crippen LogP contribution >= 0.6 is 0 Å². The average Bonchev–Trinajstić information content (AvgIpc) is 3.21. The van der Waals surface area contributed by atoms with Crippen LogP contribution in [-0.4, -0.2) is 65.2 Å². The zero-order valence-corrected chi connectivity index (χ0v) is 13.6. The second kappa shape index (κ2) is 7.61. The molecule has 1 atom stereocenters. The standard InChI is InChI=1S/C16H22N4O4/c1-12-9-15(18-24-12)17-16(22)11-20-6-4-19(5-7-20)10-13(21)14-3-2-8-23-14/h2-3,8-9,13,21H,4-7,10-11H2,1H3,(H,17,18,22)/t13-/m1/s1. The van der Waals surface area contributed by atoms with Crippen molar-refractivity contribution in [2.24, 2.45) is 0 Å². The molecule has 8 heteroatoms. The molecule has 0 radical (unpaired) electrons. The molecule has 24 heavy (non-hydrogen) atoms. The monoisotopic (exact) mass is 334 g/mol. The van der Waals surface area contributed by atoms with Crippen molar-refractivity contribution >= 4 is 11.7 Å². The highest BCUT2D eigenvalue weighted by atomic mass is 16.5. The third-order valence-corrected chi connectivity index (χ3v) is 4.03. The number of carbonyl (C=O) groups is 1. The van der Waals surface area contributed by atoms with Crippen molar-refractivity contribution in [3.63, 3.8) is 0 Å². The van der Waals surface area contributed by atoms with Gasteiger partial charge in [0.25, 0.3) is 0 Å². The van der Waals surface area contributed by atoms with E-state index in [-0.39, 0.29) is 5.91 Å². The molecule has 0 aromatic carbocycles. The van der Waals surface area contributed by atoms with Crippen LogP contribution in [0.2, 0.25) is 0 Å². The third-order valence-electron chi connectivity index (χ3n) is 4.03. The summed E-state index contributed by atoms with van der Waals surface area (Å²) in [6, 6.07) is 5.23. The van der Waals surface area contributed by atoms with Crippen LogP contribution < -0.4 is 5.32 Å². The van der Waals surface area contributed by atoms with Gasteiger partial charge in [-0.25, -0.2) is 0 Å². The van der Waals surface area contributed by atoms with E-state index in [4.69, 9.17) is 8.94 Å². The molecule has 8 nitrogen and oxygen atoms in total. The SMILES string of the molecule is Cc1cc(NC(=O)CN2CCN(C[C@@H](O)c3ccco3)CC2)no1. The minimum absolute atomic E-state index is 0.104. The summed E-state index contributed by atoms with van der Waals surface area (Å²) < 4.78 is 10.1. The second-order valence-electron chi connectivity index (χ2n) is 5.98. The minimum atomic E-state index is -0.620. The lowest BCUT2D eigenvalue weighted by atomic mass is 10.2. The van der Waals surface area contributed by atoms with Crippen LogP contribution in [0.5, 0.6) is 0 Å². The summed E-state index contributed by atoms with van der Waals surface area (Å²) in [7, 11) is 0. The molecule has 2 aromatic heterocycles. The Balaban J connectivity index is 1.39. The summed E-state index contributed by atoms with van der Waals surface area (Å²) in [5, 5.41) is 16.6. The zero-order valence-electron chi connectivity index (χ0n) is 13.6. The van der Waals surface area contributed by atoms with Crippen molar-refractivity contribution in [2.45, 2.75) is 13.0 Å². The van der Waals surface area contributed by atoms with Gasteiger partial charge in [0.1, 0.15) is 17.6 Å². The number of hydrogen-bond acceptors (Lipinski definition) is 7. The van der Waals surface area contributed by atoms with Crippen molar-refractivity contribution in [3.05, 3.63) is 36.0 Å². The Hall–Kier alpha value is -2.16. The lowest BCUT2D eigenvalue weighted by Crippen LogP contribution is -2.49. The second-order valence-corrected chi connectivity index (χ2v) is 5.98. The lowest BCUT2D eigenvalue weighted by molar-refractivity contribution is -0.117. The summed E-state index contributed by atoms with van der Waals surface area (Å²) in [6.45, 7) is 5.78. The van der Waals surface area contributed by atoms with Crippen molar-refractivity contribution in [1.82, 2.24) is 15.0 Å². The van der Waals surface area contributed by atoms with E-state index in [1.54, 1.807) is 31.4 Å². The van der Waals surface area contributed by atoms with E-state index in [0.29, 0.717) is 30.4 Å². The van der Waals surface area contributed by atoms with Gasteiger partial charge in [0.2, 0.25) is 5.91 Å². The molecule has 0 aliphatic carbocycles. The number of hydrogen-bond donors (Lipinski definition) is 2. The van der Waals surface area contributed by atoms with Gasteiger partial charge in [0.05, 0.1) is 12.8 Å². The Morgan fingerprint density at radius 3 is 2.75 bits per heavy atom. The van der Waals surface area contributed by atoms with E-state index in [0.717, 1.165) is 26.2 Å². The van der Waals surface area contributed by atoms with Gasteiger partial charge in [-0.15, -0.1) is 0 Å². The first-order valence-corrected chi connectivity index (χ1v) is 7.99. The zero-order chi connectivity index (χ0) is 16.9. The van der Waals surface area contributed by atoms with Crippen molar-refractivity contribution in [2.75, 3.05) is 44.6 Å². The van der Waals surface area contributed by atoms with Crippen LogP contribution in [0.15, 0.2) is 33.4 Å². The molecule has 1 amide bonds. The van der Waals surface area contributed by atoms with E-state index in [1.807, 2.05) is 0 Å². The fourth-order valence-corrected chi connectivity index (χ4v) is 2.76. The van der Waals surface area contributed by atoms with Crippen molar-refractivity contribution < 1.29 is 18.8 Å². The maximum atomic E-state index is 12.0. The largest absolute Gasteiger partial charge is 0.467 e. The van der Waals surface area contributed by atoms with Crippen LogP contribution in [0, 0.1) is 6.92 Å². The van der Waals surface area contributed by atoms with Gasteiger partial charge in [-0.3, -0.25) is 14.6 Å². The summed E-state index contributed by atoms with van der Waals surface area (Å²) in [5.74, 6) is 1.58. The fraction of sp³-hybridized carbons (Fsp3) is 0.500. The van der Waals surface area contributed by atoms with E-state index < -0.39 is 6.10 Å². The Bertz CT molecular complexity index is 647. The number of β-amino-alcohol motifs (C(OH)–C–C–N with tert-alkyl or cyclic N) is 1. The van der Waals surface area contributed by atoms with Gasteiger partial charge < -0.3 is 19.4 Å². The number of amides is 1. The van der Waals surface area contributed by atoms with Crippen LogP contribution in [0.25, 0.3) is 0 Å². The third kappa shape index (κ3) is 4.44. The molecule has 0 saturated carbocycles. The van der Waals surface area contributed by atoms with E-state index in [9.17, 15) is 9.90 Å². The lowest BCUT2D eigenvalue weighted by Gasteiger charge is -2.34. The van der Waals surface area contributed by atoms with Crippen LogP contribution in [-0.2, 0) is 4.79 Å². The molecule has 130 valence electrons. The highest BCUT2D eigenvalue weighted by Crippen LogP contribution is 2.15. The number of nitrogens with one attached hydrogen (secondary N) is 1. The van der Waals surface area contributed by atoms with E-state index >= 15 is 0 Å². The van der Waals surface area contributed by atoms with Crippen molar-refractivity contribution in [3.8, 4) is 0 Å². The molecule has 1 fully saturated rings. The summed E-state index contributed by atoms with van der Waals surface area (Å²) >= 11 is 0. The predicted molar refractivity (Wildman–Crippen MR) is 86.4 cm³/mol. The molecule has 1 aliphatic rings. The number of aliphatic hydroxyl groups is 1. The molecule has 1 saturated heterocycles. The number of rotatable bonds is 6.